The van der Waals surface area contributed by atoms with E-state index in [1.165, 1.54) is 31.3 Å². The van der Waals surface area contributed by atoms with Crippen LogP contribution in [0.3, 0.4) is 0 Å². The molecule has 2 aliphatic heterocycles. The molecule has 0 bridgehead atoms. The number of imide groups is 1. The third-order valence-electron chi connectivity index (χ3n) is 5.69. The van der Waals surface area contributed by atoms with Crippen LogP contribution in [0.5, 0.6) is 11.5 Å². The molecule has 2 unspecified atom stereocenters. The summed E-state index contributed by atoms with van der Waals surface area (Å²) in [5.74, 6) is -0.662. The normalized spacial score (nSPS) is 20.0. The van der Waals surface area contributed by atoms with Crippen molar-refractivity contribution in [3.8, 4) is 11.5 Å². The number of ether oxygens (including phenoxy) is 2. The summed E-state index contributed by atoms with van der Waals surface area (Å²) in [4.78, 5) is 41.2. The number of hydrogen-bond acceptors (Lipinski definition) is 8. The van der Waals surface area contributed by atoms with E-state index >= 15 is 0 Å². The zero-order valence-electron chi connectivity index (χ0n) is 18.2. The van der Waals surface area contributed by atoms with Gasteiger partial charge in [-0.1, -0.05) is 12.1 Å². The molecule has 10 nitrogen and oxygen atoms in total. The molecule has 0 saturated carbocycles. The van der Waals surface area contributed by atoms with Crippen LogP contribution in [0, 0.1) is 0 Å². The van der Waals surface area contributed by atoms with Crippen LogP contribution < -0.4 is 9.47 Å². The van der Waals surface area contributed by atoms with Crippen molar-refractivity contribution in [1.29, 1.82) is 0 Å². The Hall–Kier alpha value is -3.44. The lowest BCUT2D eigenvalue weighted by Crippen LogP contribution is -2.72. The van der Waals surface area contributed by atoms with Gasteiger partial charge in [0.05, 0.1) is 44.3 Å². The third kappa shape index (κ3) is 4.05. The van der Waals surface area contributed by atoms with Crippen molar-refractivity contribution in [3.63, 3.8) is 0 Å². The minimum Gasteiger partial charge on any atom is -0.497 e. The van der Waals surface area contributed by atoms with Gasteiger partial charge in [0, 0.05) is 18.2 Å². The topological polar surface area (TPSA) is 120 Å². The fourth-order valence-corrected chi connectivity index (χ4v) is 4.45. The molecule has 0 spiro atoms. The molecular weight excluding hydrogens is 452 g/mol. The Morgan fingerprint density at radius 3 is 2.12 bits per heavy atom. The predicted molar refractivity (Wildman–Crippen MR) is 115 cm³/mol. The number of fused-ring (bicyclic) bond motifs is 1. The molecule has 2 aromatic carbocycles. The van der Waals surface area contributed by atoms with Crippen molar-refractivity contribution in [1.82, 2.24) is 9.80 Å². The monoisotopic (exact) mass is 474 g/mol. The number of carbonyl (C=O) groups is 3. The average molecular weight is 474 g/mol. The molecule has 1 fully saturated rings. The summed E-state index contributed by atoms with van der Waals surface area (Å²) in [5.41, 5.74) is 1.04. The Kier molecular flexibility index (Phi) is 5.85. The first-order valence-electron chi connectivity index (χ1n) is 9.99. The molecular formula is C22H22N2O8S. The fourth-order valence-electron chi connectivity index (χ4n) is 4.06. The molecule has 0 aliphatic carbocycles. The van der Waals surface area contributed by atoms with Gasteiger partial charge < -0.3 is 14.4 Å². The van der Waals surface area contributed by atoms with E-state index in [-0.39, 0.29) is 17.7 Å². The molecule has 174 valence electrons. The minimum absolute atomic E-state index is 0.0590. The number of β-lactam (4-membered cyclic amide) rings is 1. The summed E-state index contributed by atoms with van der Waals surface area (Å²) >= 11 is 0. The highest BCUT2D eigenvalue weighted by Gasteiger charge is 2.56. The molecule has 1 saturated heterocycles. The van der Waals surface area contributed by atoms with Gasteiger partial charge in [-0.25, -0.2) is 0 Å². The number of methoxy groups -OCH3 is 2. The Balaban J connectivity index is 1.64. The van der Waals surface area contributed by atoms with E-state index in [1.807, 2.05) is 0 Å². The summed E-state index contributed by atoms with van der Waals surface area (Å²) in [6, 6.07) is 9.32. The summed E-state index contributed by atoms with van der Waals surface area (Å²) in [6.45, 7) is -0.343. The van der Waals surface area contributed by atoms with Crippen molar-refractivity contribution >= 4 is 27.8 Å². The van der Waals surface area contributed by atoms with E-state index in [4.69, 9.17) is 13.7 Å². The van der Waals surface area contributed by atoms with E-state index < -0.39 is 46.5 Å². The molecule has 2 heterocycles. The van der Waals surface area contributed by atoms with Crippen molar-refractivity contribution in [3.05, 3.63) is 59.2 Å². The zero-order chi connectivity index (χ0) is 23.9. The van der Waals surface area contributed by atoms with E-state index in [0.717, 1.165) is 11.2 Å². The van der Waals surface area contributed by atoms with Crippen LogP contribution in [-0.2, 0) is 25.6 Å². The lowest BCUT2D eigenvalue weighted by atomic mass is 9.92. The maximum Gasteiger partial charge on any atom is 0.264 e. The highest BCUT2D eigenvalue weighted by molar-refractivity contribution is 7.85. The zero-order valence-corrected chi connectivity index (χ0v) is 19.0. The molecule has 0 aromatic heterocycles. The number of amides is 3. The first kappa shape index (κ1) is 22.7. The van der Waals surface area contributed by atoms with Crippen LogP contribution in [-0.4, -0.2) is 75.1 Å². The Labute approximate surface area is 190 Å². The van der Waals surface area contributed by atoms with Gasteiger partial charge in [-0.05, 0) is 24.3 Å². The standard InChI is InChI=1S/C22H22N2O8S/c1-30-14-9-8-13(18(10-14)31-2)11-23-17(12-32-33(3,28)29)19(22(23)27)24-20(25)15-6-4-5-7-16(15)21(24)26/h4-10,17,19H,11-12H2,1-3H3. The Morgan fingerprint density at radius 2 is 1.58 bits per heavy atom. The minimum atomic E-state index is -3.83. The number of likely N-dealkylation sites (tertiary alicyclic amines) is 1. The van der Waals surface area contributed by atoms with Gasteiger partial charge in [-0.3, -0.25) is 23.5 Å². The van der Waals surface area contributed by atoms with Crippen molar-refractivity contribution in [2.75, 3.05) is 27.1 Å². The summed E-state index contributed by atoms with van der Waals surface area (Å²) < 4.78 is 38.8. The van der Waals surface area contributed by atoms with Crippen LogP contribution in [0.1, 0.15) is 26.3 Å². The lowest BCUT2D eigenvalue weighted by Gasteiger charge is -2.49. The molecule has 2 aromatic rings. The molecule has 0 N–H and O–H groups in total. The van der Waals surface area contributed by atoms with E-state index in [9.17, 15) is 22.8 Å². The second kappa shape index (κ2) is 8.49. The largest absolute Gasteiger partial charge is 0.497 e. The fraction of sp³-hybridized carbons (Fsp3) is 0.318. The van der Waals surface area contributed by atoms with Gasteiger partial charge in [0.2, 0.25) is 5.91 Å². The van der Waals surface area contributed by atoms with E-state index in [1.54, 1.807) is 30.3 Å². The van der Waals surface area contributed by atoms with Crippen molar-refractivity contribution < 1.29 is 36.5 Å². The van der Waals surface area contributed by atoms with Crippen LogP contribution >= 0.6 is 0 Å². The second-order valence-electron chi connectivity index (χ2n) is 7.67. The van der Waals surface area contributed by atoms with E-state index in [2.05, 4.69) is 0 Å². The van der Waals surface area contributed by atoms with Crippen LogP contribution in [0.4, 0.5) is 0 Å². The van der Waals surface area contributed by atoms with Gasteiger partial charge in [0.1, 0.15) is 17.5 Å². The molecule has 4 rings (SSSR count). The maximum atomic E-state index is 13.2. The number of benzene rings is 2. The van der Waals surface area contributed by atoms with Gasteiger partial charge in [-0.15, -0.1) is 0 Å². The number of hydrogen-bond donors (Lipinski definition) is 0. The number of carbonyl (C=O) groups excluding carboxylic acids is 3. The van der Waals surface area contributed by atoms with Gasteiger partial charge in [-0.2, -0.15) is 8.42 Å². The Morgan fingerprint density at radius 1 is 0.939 bits per heavy atom. The second-order valence-corrected chi connectivity index (χ2v) is 9.31. The summed E-state index contributed by atoms with van der Waals surface area (Å²) in [5, 5.41) is 0. The number of rotatable bonds is 8. The van der Waals surface area contributed by atoms with Crippen LogP contribution in [0.2, 0.25) is 0 Å². The van der Waals surface area contributed by atoms with Gasteiger partial charge >= 0.3 is 0 Å². The maximum absolute atomic E-state index is 13.2. The average Bonchev–Trinajstić information content (AvgIpc) is 3.04. The molecule has 3 amide bonds. The first-order chi connectivity index (χ1) is 15.7. The summed E-state index contributed by atoms with van der Waals surface area (Å²) in [6.07, 6.45) is 0.890. The van der Waals surface area contributed by atoms with Crippen LogP contribution in [0.25, 0.3) is 0 Å². The molecule has 2 aliphatic rings. The quantitative estimate of drug-likeness (QED) is 0.316. The molecule has 0 radical (unpaired) electrons. The third-order valence-corrected chi connectivity index (χ3v) is 6.26. The first-order valence-corrected chi connectivity index (χ1v) is 11.8. The summed E-state index contributed by atoms with van der Waals surface area (Å²) in [7, 11) is -0.839. The molecule has 2 atom stereocenters. The van der Waals surface area contributed by atoms with Gasteiger partial charge in [0.15, 0.2) is 0 Å². The molecule has 33 heavy (non-hydrogen) atoms. The highest BCUT2D eigenvalue weighted by Crippen LogP contribution is 2.35. The SMILES string of the molecule is COc1ccc(CN2C(=O)C(N3C(=O)c4ccccc4C3=O)C2COS(C)(=O)=O)c(OC)c1. The lowest BCUT2D eigenvalue weighted by molar-refractivity contribution is -0.158. The Bertz CT molecular complexity index is 1210. The van der Waals surface area contributed by atoms with E-state index in [0.29, 0.717) is 17.1 Å². The van der Waals surface area contributed by atoms with Crippen molar-refractivity contribution in [2.45, 2.75) is 18.6 Å². The van der Waals surface area contributed by atoms with Gasteiger partial charge in [0.25, 0.3) is 21.9 Å². The smallest absolute Gasteiger partial charge is 0.264 e. The van der Waals surface area contributed by atoms with Crippen molar-refractivity contribution in [2.24, 2.45) is 0 Å². The molecule has 11 heteroatoms. The van der Waals surface area contributed by atoms with Crippen LogP contribution in [0.15, 0.2) is 42.5 Å². The highest BCUT2D eigenvalue weighted by atomic mass is 32.2. The predicted octanol–water partition coefficient (Wildman–Crippen LogP) is 1.06. The number of nitrogens with zero attached hydrogens (tertiary/aromatic N) is 2.